The third kappa shape index (κ3) is 6.26. The number of Topliss-reactive ketones (excluding diaryl/α,β-unsaturated/α-hetero) is 1. The molecular weight excluding hydrogens is 518 g/mol. The zero-order valence-electron chi connectivity index (χ0n) is 21.0. The quantitative estimate of drug-likeness (QED) is 0.135. The van der Waals surface area contributed by atoms with E-state index in [0.717, 1.165) is 34.2 Å². The number of carbonyl (C=O) groups is 2. The largest absolute Gasteiger partial charge is 0.341 e. The first-order valence-corrected chi connectivity index (χ1v) is 13.6. The Kier molecular flexibility index (Phi) is 8.17. The van der Waals surface area contributed by atoms with Crippen molar-refractivity contribution in [2.24, 2.45) is 0 Å². The van der Waals surface area contributed by atoms with Gasteiger partial charge in [-0.25, -0.2) is 13.8 Å². The molecule has 1 atom stereocenters. The van der Waals surface area contributed by atoms with E-state index in [0.29, 0.717) is 36.4 Å². The number of hydrogen-bond acceptors (Lipinski definition) is 5. The van der Waals surface area contributed by atoms with Crippen LogP contribution in [0.1, 0.15) is 64.0 Å². The van der Waals surface area contributed by atoms with Gasteiger partial charge < -0.3 is 10.3 Å². The number of nitrogens with one attached hydrogen (secondary N) is 2. The molecule has 5 rings (SSSR count). The monoisotopic (exact) mass is 544 g/mol. The molecule has 0 spiro atoms. The molecule has 0 aliphatic carbocycles. The van der Waals surface area contributed by atoms with Crippen LogP contribution in [-0.2, 0) is 0 Å². The fourth-order valence-electron chi connectivity index (χ4n) is 4.55. The van der Waals surface area contributed by atoms with Crippen molar-refractivity contribution in [1.82, 2.24) is 20.3 Å². The van der Waals surface area contributed by atoms with Crippen LogP contribution in [0.15, 0.2) is 78.6 Å². The molecule has 0 fully saturated rings. The number of hydrogen-bond donors (Lipinski definition) is 2. The summed E-state index contributed by atoms with van der Waals surface area (Å²) in [6.07, 6.45) is 5.68. The molecule has 2 N–H and O–H groups in total. The van der Waals surface area contributed by atoms with E-state index in [9.17, 15) is 18.4 Å². The van der Waals surface area contributed by atoms with Gasteiger partial charge in [-0.15, -0.1) is 11.3 Å². The Balaban J connectivity index is 1.25. The lowest BCUT2D eigenvalue weighted by atomic mass is 10.0. The molecule has 0 aliphatic heterocycles. The number of aromatic nitrogens is 3. The summed E-state index contributed by atoms with van der Waals surface area (Å²) in [5.74, 6) is -1.85. The lowest BCUT2D eigenvalue weighted by Crippen LogP contribution is -2.28. The SMILES string of the molecule is O=C(N[C@@H](CCCCCC(=O)c1c(F)cccc1F)c1ncc(-c2ccc3ccccc3c2)[nH]1)c1cncs1. The van der Waals surface area contributed by atoms with Crippen LogP contribution in [0.2, 0.25) is 0 Å². The van der Waals surface area contributed by atoms with E-state index in [4.69, 9.17) is 0 Å². The van der Waals surface area contributed by atoms with Crippen LogP contribution in [0, 0.1) is 11.6 Å². The molecule has 39 heavy (non-hydrogen) atoms. The van der Waals surface area contributed by atoms with E-state index in [1.165, 1.54) is 23.6 Å². The summed E-state index contributed by atoms with van der Waals surface area (Å²) in [6, 6.07) is 17.3. The summed E-state index contributed by atoms with van der Waals surface area (Å²) in [5.41, 5.74) is 2.94. The van der Waals surface area contributed by atoms with Gasteiger partial charge in [0.2, 0.25) is 0 Å². The standard InChI is InChI=1S/C30H26F2N4O2S/c31-22-9-6-10-23(32)28(22)26(37)12-3-1-2-11-24(36-30(38)27-17-33-18-39-27)29-34-16-25(35-29)21-14-13-19-7-4-5-8-20(19)15-21/h4-10,13-18,24H,1-3,11-12H2,(H,34,35)(H,36,38)/t24-/m0/s1. The average molecular weight is 545 g/mol. The molecule has 9 heteroatoms. The lowest BCUT2D eigenvalue weighted by molar-refractivity contribution is 0.0935. The van der Waals surface area contributed by atoms with E-state index in [1.54, 1.807) is 11.7 Å². The number of carbonyl (C=O) groups excluding carboxylic acids is 2. The minimum atomic E-state index is -0.842. The highest BCUT2D eigenvalue weighted by molar-refractivity contribution is 7.11. The first kappa shape index (κ1) is 26.4. The van der Waals surface area contributed by atoms with Crippen molar-refractivity contribution in [2.75, 3.05) is 0 Å². The molecule has 0 aliphatic rings. The maximum absolute atomic E-state index is 13.9. The fraction of sp³-hybridized carbons (Fsp3) is 0.200. The number of benzene rings is 3. The van der Waals surface area contributed by atoms with Gasteiger partial charge in [-0.1, -0.05) is 55.3 Å². The van der Waals surface area contributed by atoms with Crippen LogP contribution in [-0.4, -0.2) is 26.6 Å². The number of imidazole rings is 1. The third-order valence-electron chi connectivity index (χ3n) is 6.59. The Hall–Kier alpha value is -4.24. The van der Waals surface area contributed by atoms with Gasteiger partial charge in [0, 0.05) is 12.0 Å². The van der Waals surface area contributed by atoms with Crippen molar-refractivity contribution in [3.8, 4) is 11.3 Å². The van der Waals surface area contributed by atoms with Crippen LogP contribution in [0.25, 0.3) is 22.0 Å². The molecule has 0 saturated heterocycles. The fourth-order valence-corrected chi connectivity index (χ4v) is 5.07. The van der Waals surface area contributed by atoms with E-state index >= 15 is 0 Å². The van der Waals surface area contributed by atoms with Crippen molar-refractivity contribution in [2.45, 2.75) is 38.1 Å². The van der Waals surface area contributed by atoms with Gasteiger partial charge in [0.25, 0.3) is 5.91 Å². The second kappa shape index (κ2) is 12.1. The smallest absolute Gasteiger partial charge is 0.263 e. The summed E-state index contributed by atoms with van der Waals surface area (Å²) in [6.45, 7) is 0. The molecule has 0 saturated carbocycles. The van der Waals surface area contributed by atoms with Crippen LogP contribution >= 0.6 is 11.3 Å². The predicted molar refractivity (Wildman–Crippen MR) is 148 cm³/mol. The van der Waals surface area contributed by atoms with Gasteiger partial charge in [0.05, 0.1) is 35.2 Å². The van der Waals surface area contributed by atoms with E-state index in [1.807, 2.05) is 18.2 Å². The van der Waals surface area contributed by atoms with Crippen molar-refractivity contribution in [1.29, 1.82) is 0 Å². The number of thiazole rings is 1. The van der Waals surface area contributed by atoms with Crippen molar-refractivity contribution in [3.63, 3.8) is 0 Å². The molecule has 0 unspecified atom stereocenters. The summed E-state index contributed by atoms with van der Waals surface area (Å²) in [5, 5.41) is 5.30. The maximum atomic E-state index is 13.9. The van der Waals surface area contributed by atoms with E-state index in [-0.39, 0.29) is 12.3 Å². The Labute approximate surface area is 228 Å². The van der Waals surface area contributed by atoms with Gasteiger partial charge in [-0.3, -0.25) is 14.6 Å². The third-order valence-corrected chi connectivity index (χ3v) is 7.36. The van der Waals surface area contributed by atoms with E-state index in [2.05, 4.69) is 44.5 Å². The highest BCUT2D eigenvalue weighted by Gasteiger charge is 2.21. The van der Waals surface area contributed by atoms with Crippen LogP contribution < -0.4 is 5.32 Å². The van der Waals surface area contributed by atoms with Gasteiger partial charge in [-0.2, -0.15) is 0 Å². The molecule has 6 nitrogen and oxygen atoms in total. The second-order valence-corrected chi connectivity index (χ2v) is 10.1. The zero-order chi connectivity index (χ0) is 27.2. The van der Waals surface area contributed by atoms with Gasteiger partial charge in [-0.05, 0) is 41.8 Å². The Morgan fingerprint density at radius 1 is 0.923 bits per heavy atom. The molecule has 0 bridgehead atoms. The topological polar surface area (TPSA) is 87.7 Å². The maximum Gasteiger partial charge on any atom is 0.263 e. The van der Waals surface area contributed by atoms with Crippen molar-refractivity contribution >= 4 is 33.8 Å². The lowest BCUT2D eigenvalue weighted by Gasteiger charge is -2.16. The first-order chi connectivity index (χ1) is 19.0. The molecule has 5 aromatic rings. The summed E-state index contributed by atoms with van der Waals surface area (Å²) in [4.78, 5) is 37.6. The van der Waals surface area contributed by atoms with Crippen LogP contribution in [0.3, 0.4) is 0 Å². The number of ketones is 1. The van der Waals surface area contributed by atoms with Crippen LogP contribution in [0.5, 0.6) is 0 Å². The number of unbranched alkanes of at least 4 members (excludes halogenated alkanes) is 2. The molecule has 198 valence electrons. The minimum Gasteiger partial charge on any atom is -0.341 e. The molecule has 3 aromatic carbocycles. The molecule has 0 radical (unpaired) electrons. The van der Waals surface area contributed by atoms with Gasteiger partial charge in [0.1, 0.15) is 22.3 Å². The number of amides is 1. The number of halogens is 2. The number of nitrogens with zero attached hydrogens (tertiary/aromatic N) is 2. The molecular formula is C30H26F2N4O2S. The number of rotatable bonds is 11. The van der Waals surface area contributed by atoms with Crippen LogP contribution in [0.4, 0.5) is 8.78 Å². The van der Waals surface area contributed by atoms with Crippen molar-refractivity contribution in [3.05, 3.63) is 106 Å². The number of fused-ring (bicyclic) bond motifs is 1. The summed E-state index contributed by atoms with van der Waals surface area (Å²) in [7, 11) is 0. The Morgan fingerprint density at radius 3 is 2.49 bits per heavy atom. The minimum absolute atomic E-state index is 0.0443. The normalized spacial score (nSPS) is 11.9. The summed E-state index contributed by atoms with van der Waals surface area (Å²) < 4.78 is 27.8. The second-order valence-electron chi connectivity index (χ2n) is 9.25. The number of H-pyrrole nitrogens is 1. The molecule has 2 aromatic heterocycles. The highest BCUT2D eigenvalue weighted by atomic mass is 32.1. The zero-order valence-corrected chi connectivity index (χ0v) is 21.8. The highest BCUT2D eigenvalue weighted by Crippen LogP contribution is 2.26. The summed E-state index contributed by atoms with van der Waals surface area (Å²) >= 11 is 1.25. The van der Waals surface area contributed by atoms with E-state index < -0.39 is 29.0 Å². The average Bonchev–Trinajstić information content (AvgIpc) is 3.65. The molecule has 1 amide bonds. The van der Waals surface area contributed by atoms with Gasteiger partial charge in [0.15, 0.2) is 5.78 Å². The first-order valence-electron chi connectivity index (χ1n) is 12.7. The Bertz CT molecular complexity index is 1580. The number of aromatic amines is 1. The predicted octanol–water partition coefficient (Wildman–Crippen LogP) is 7.27. The van der Waals surface area contributed by atoms with Gasteiger partial charge >= 0.3 is 0 Å². The van der Waals surface area contributed by atoms with Crippen molar-refractivity contribution < 1.29 is 18.4 Å². The Morgan fingerprint density at radius 2 is 1.72 bits per heavy atom. The molecule has 2 heterocycles.